The van der Waals surface area contributed by atoms with E-state index < -0.39 is 0 Å². The lowest BCUT2D eigenvalue weighted by Crippen LogP contribution is -2.38. The lowest BCUT2D eigenvalue weighted by molar-refractivity contribution is 0.603. The van der Waals surface area contributed by atoms with Crippen LogP contribution >= 0.6 is 11.3 Å². The van der Waals surface area contributed by atoms with E-state index in [0.29, 0.717) is 0 Å². The second-order valence-corrected chi connectivity index (χ2v) is 16.8. The first-order valence-electron chi connectivity index (χ1n) is 18.4. The Balaban J connectivity index is 1.23. The van der Waals surface area contributed by atoms with Gasteiger partial charge in [0.15, 0.2) is 0 Å². The van der Waals surface area contributed by atoms with Gasteiger partial charge in [-0.15, -0.1) is 11.3 Å². The van der Waals surface area contributed by atoms with Crippen LogP contribution in [0.2, 0.25) is 0 Å². The molecule has 0 fully saturated rings. The highest BCUT2D eigenvalue weighted by molar-refractivity contribution is 7.26. The van der Waals surface area contributed by atoms with Crippen molar-refractivity contribution in [3.05, 3.63) is 174 Å². The van der Waals surface area contributed by atoms with Gasteiger partial charge in [0.05, 0.1) is 17.1 Å². The second kappa shape index (κ2) is 10.4. The molecule has 248 valence electrons. The minimum absolute atomic E-state index is 0.232. The largest absolute Gasteiger partial charge is 0.309 e. The molecule has 0 spiro atoms. The van der Waals surface area contributed by atoms with Gasteiger partial charge in [0.2, 0.25) is 0 Å². The predicted octanol–water partition coefficient (Wildman–Crippen LogP) is 14.4. The van der Waals surface area contributed by atoms with E-state index in [9.17, 15) is 0 Å². The Hall–Kier alpha value is -5.70. The van der Waals surface area contributed by atoms with Gasteiger partial charge in [0.25, 0.3) is 0 Å². The number of hydrogen-bond acceptors (Lipinski definition) is 2. The molecule has 2 aliphatic heterocycles. The third kappa shape index (κ3) is 3.93. The van der Waals surface area contributed by atoms with Crippen molar-refractivity contribution in [2.24, 2.45) is 0 Å². The maximum atomic E-state index is 2.62. The lowest BCUT2D eigenvalue weighted by Gasteiger charge is -2.50. The summed E-state index contributed by atoms with van der Waals surface area (Å²) < 4.78 is 2.75. The van der Waals surface area contributed by atoms with Gasteiger partial charge in [0.1, 0.15) is 0 Å². The van der Waals surface area contributed by atoms with E-state index in [2.05, 4.69) is 184 Å². The average molecular weight is 684 g/mol. The van der Waals surface area contributed by atoms with Gasteiger partial charge < -0.3 is 4.90 Å². The Kier molecular flexibility index (Phi) is 6.02. The Bertz CT molecular complexity index is 2950. The number of nitrogens with zero attached hydrogens (tertiary/aromatic N) is 1. The summed E-state index contributed by atoms with van der Waals surface area (Å²) in [7, 11) is 0. The highest BCUT2D eigenvalue weighted by Gasteiger charge is 2.47. The molecule has 0 bridgehead atoms. The summed E-state index contributed by atoms with van der Waals surface area (Å²) in [4.78, 5) is 2.62. The summed E-state index contributed by atoms with van der Waals surface area (Å²) in [5.74, 6) is 0. The van der Waals surface area contributed by atoms with E-state index in [1.165, 1.54) is 103 Å². The van der Waals surface area contributed by atoms with Crippen LogP contribution in [0.5, 0.6) is 0 Å². The highest BCUT2D eigenvalue weighted by atomic mass is 32.1. The van der Waals surface area contributed by atoms with Crippen molar-refractivity contribution in [1.82, 2.24) is 0 Å². The fraction of sp³-hybridized carbons (Fsp3) is 0.120. The second-order valence-electron chi connectivity index (χ2n) is 15.7. The monoisotopic (exact) mass is 683 g/mol. The maximum Gasteiger partial charge on any atom is 0.0558 e. The van der Waals surface area contributed by atoms with Crippen LogP contribution in [0, 0.1) is 0 Å². The van der Waals surface area contributed by atoms with Crippen molar-refractivity contribution in [2.45, 2.75) is 38.5 Å². The first-order chi connectivity index (χ1) is 25.3. The summed E-state index contributed by atoms with van der Waals surface area (Å²) in [6.45, 7) is 9.81. The van der Waals surface area contributed by atoms with Gasteiger partial charge in [0, 0.05) is 36.6 Å². The molecule has 9 aromatic rings. The van der Waals surface area contributed by atoms with Gasteiger partial charge in [-0.25, -0.2) is 0 Å². The average Bonchev–Trinajstić information content (AvgIpc) is 3.55. The van der Waals surface area contributed by atoms with Gasteiger partial charge in [-0.05, 0) is 96.9 Å². The molecule has 0 N–H and O–H groups in total. The van der Waals surface area contributed by atoms with E-state index in [1.54, 1.807) is 0 Å². The lowest BCUT2D eigenvalue weighted by atomic mass is 9.65. The molecule has 2 aliphatic rings. The molecule has 52 heavy (non-hydrogen) atoms. The van der Waals surface area contributed by atoms with Crippen molar-refractivity contribution >= 4 is 70.1 Å². The molecule has 0 unspecified atom stereocenters. The van der Waals surface area contributed by atoms with Crippen LogP contribution in [0.25, 0.3) is 64.0 Å². The Morgan fingerprint density at radius 1 is 0.442 bits per heavy atom. The topological polar surface area (TPSA) is 3.24 Å². The van der Waals surface area contributed by atoms with Crippen molar-refractivity contribution < 1.29 is 0 Å². The number of benzene rings is 8. The summed E-state index contributed by atoms with van der Waals surface area (Å²) in [6.07, 6.45) is 0. The highest BCUT2D eigenvalue weighted by Crippen LogP contribution is 2.63. The van der Waals surface area contributed by atoms with Gasteiger partial charge in [-0.1, -0.05) is 143 Å². The Morgan fingerprint density at radius 3 is 1.58 bits per heavy atom. The molecule has 0 atom stereocenters. The molecule has 0 saturated carbocycles. The van der Waals surface area contributed by atoms with E-state index in [1.807, 2.05) is 11.3 Å². The van der Waals surface area contributed by atoms with Crippen LogP contribution < -0.4 is 4.90 Å². The van der Waals surface area contributed by atoms with Gasteiger partial charge in [-0.3, -0.25) is 0 Å². The van der Waals surface area contributed by atoms with Gasteiger partial charge in [-0.2, -0.15) is 0 Å². The van der Waals surface area contributed by atoms with Crippen molar-refractivity contribution in [2.75, 3.05) is 4.90 Å². The zero-order chi connectivity index (χ0) is 34.9. The normalized spacial score (nSPS) is 15.2. The standard InChI is InChI=1S/C50H37NS/c1-49(2)40-27-32(36-20-11-15-30-13-5-7-17-34(30)36)23-25-43(40)51-44-26-24-33(37-21-12-16-31-14-6-8-18-35(31)37)28-41(44)50(3,4)46-47(51)42(49)29-39-38-19-9-10-22-45(38)52-48(39)46/h5-29H,1-4H3. The molecule has 8 aromatic carbocycles. The predicted molar refractivity (Wildman–Crippen MR) is 224 cm³/mol. The molecule has 3 heterocycles. The molecule has 11 rings (SSSR count). The number of fused-ring (bicyclic) bond motifs is 10. The SMILES string of the molecule is CC1(C)c2cc(-c3cccc4ccccc34)ccc2N2c3ccc(-c4cccc5ccccc45)cc3C(C)(C)c3c2c1cc1c3sc2ccccc21. The van der Waals surface area contributed by atoms with E-state index in [4.69, 9.17) is 0 Å². The molecular formula is C50H37NS. The number of thiophene rings is 1. The number of rotatable bonds is 2. The fourth-order valence-corrected chi connectivity index (χ4v) is 10.9. The minimum Gasteiger partial charge on any atom is -0.309 e. The number of anilines is 3. The zero-order valence-electron chi connectivity index (χ0n) is 29.8. The van der Waals surface area contributed by atoms with Crippen LogP contribution in [-0.4, -0.2) is 0 Å². The van der Waals surface area contributed by atoms with Crippen LogP contribution in [0.15, 0.2) is 152 Å². The molecule has 2 heteroatoms. The van der Waals surface area contributed by atoms with Crippen LogP contribution in [-0.2, 0) is 10.8 Å². The molecule has 1 aromatic heterocycles. The third-order valence-corrected chi connectivity index (χ3v) is 13.4. The quantitative estimate of drug-likeness (QED) is 0.175. The maximum absolute atomic E-state index is 2.62. The first kappa shape index (κ1) is 30.0. The third-order valence-electron chi connectivity index (χ3n) is 12.2. The molecule has 0 saturated heterocycles. The summed E-state index contributed by atoms with van der Waals surface area (Å²) in [5, 5.41) is 7.85. The van der Waals surface area contributed by atoms with E-state index in [-0.39, 0.29) is 10.8 Å². The molecule has 1 nitrogen and oxygen atoms in total. The van der Waals surface area contributed by atoms with Crippen molar-refractivity contribution in [3.63, 3.8) is 0 Å². The Labute approximate surface area is 308 Å². The van der Waals surface area contributed by atoms with E-state index in [0.717, 1.165) is 0 Å². The van der Waals surface area contributed by atoms with Crippen LogP contribution in [0.3, 0.4) is 0 Å². The van der Waals surface area contributed by atoms with Crippen LogP contribution in [0.1, 0.15) is 49.9 Å². The minimum atomic E-state index is -0.243. The summed E-state index contributed by atoms with van der Waals surface area (Å²) in [5.41, 5.74) is 14.1. The molecule has 0 aliphatic carbocycles. The van der Waals surface area contributed by atoms with E-state index >= 15 is 0 Å². The van der Waals surface area contributed by atoms with Crippen molar-refractivity contribution in [3.8, 4) is 22.3 Å². The number of hydrogen-bond donors (Lipinski definition) is 0. The summed E-state index contributed by atoms with van der Waals surface area (Å²) in [6, 6.07) is 56.9. The zero-order valence-corrected chi connectivity index (χ0v) is 30.6. The summed E-state index contributed by atoms with van der Waals surface area (Å²) >= 11 is 1.96. The first-order valence-corrected chi connectivity index (χ1v) is 19.2. The molecule has 0 radical (unpaired) electrons. The van der Waals surface area contributed by atoms with Crippen molar-refractivity contribution in [1.29, 1.82) is 0 Å². The van der Waals surface area contributed by atoms with Gasteiger partial charge >= 0.3 is 0 Å². The smallest absolute Gasteiger partial charge is 0.0558 e. The van der Waals surface area contributed by atoms with Crippen LogP contribution in [0.4, 0.5) is 17.1 Å². The fourth-order valence-electron chi connectivity index (χ4n) is 9.54. The molecule has 0 amide bonds. The Morgan fingerprint density at radius 2 is 0.962 bits per heavy atom. The molecular weight excluding hydrogens is 647 g/mol.